The number of nitrogens with one attached hydrogen (secondary N) is 1. The van der Waals surface area contributed by atoms with E-state index >= 15 is 0 Å². The van der Waals surface area contributed by atoms with E-state index in [2.05, 4.69) is 55.6 Å². The molecule has 0 bridgehead atoms. The van der Waals surface area contributed by atoms with Gasteiger partial charge in [-0.3, -0.25) is 0 Å². The summed E-state index contributed by atoms with van der Waals surface area (Å²) in [6, 6.07) is 11.5. The number of allylic oxidation sites excluding steroid dienone is 1. The number of fused-ring (bicyclic) bond motifs is 5. The molecule has 0 radical (unpaired) electrons. The van der Waals surface area contributed by atoms with Crippen molar-refractivity contribution >= 4 is 0 Å². The van der Waals surface area contributed by atoms with Gasteiger partial charge in [0.2, 0.25) is 0 Å². The minimum atomic E-state index is -0.0946. The van der Waals surface area contributed by atoms with Crippen molar-refractivity contribution in [3.63, 3.8) is 0 Å². The van der Waals surface area contributed by atoms with Gasteiger partial charge in [0, 0.05) is 19.2 Å². The molecule has 3 N–H and O–H groups in total. The molecule has 3 fully saturated rings. The van der Waals surface area contributed by atoms with Crippen LogP contribution in [0.2, 0.25) is 0 Å². The van der Waals surface area contributed by atoms with Crippen LogP contribution in [0.15, 0.2) is 42.0 Å². The van der Waals surface area contributed by atoms with Gasteiger partial charge in [-0.25, -0.2) is 0 Å². The topological polar surface area (TPSA) is 52.5 Å². The molecular formula is C28H43NO2. The summed E-state index contributed by atoms with van der Waals surface area (Å²) in [5.74, 6) is 2.55. The summed E-state index contributed by atoms with van der Waals surface area (Å²) in [7, 11) is 0. The quantitative estimate of drug-likeness (QED) is 0.563. The Kier molecular flexibility index (Phi) is 6.96. The van der Waals surface area contributed by atoms with Crippen LogP contribution < -0.4 is 5.32 Å². The van der Waals surface area contributed by atoms with Gasteiger partial charge in [-0.2, -0.15) is 0 Å². The maximum atomic E-state index is 10.2. The molecule has 0 unspecified atom stereocenters. The number of benzene rings is 1. The van der Waals surface area contributed by atoms with Gasteiger partial charge in [-0.15, -0.1) is 0 Å². The van der Waals surface area contributed by atoms with Gasteiger partial charge in [0.25, 0.3) is 0 Å². The lowest BCUT2D eigenvalue weighted by molar-refractivity contribution is -0.0435. The minimum absolute atomic E-state index is 0.0946. The SMILES string of the molecule is CCO.C[C@]12CC[C@H]3[C@@H](CC=C4C[C@@H](O)CC[C@@]43C)[C@@H]1CC[C@@H]2NCc1ccccc1. The lowest BCUT2D eigenvalue weighted by Gasteiger charge is -2.58. The lowest BCUT2D eigenvalue weighted by Crippen LogP contribution is -2.53. The Morgan fingerprint density at radius 2 is 1.74 bits per heavy atom. The van der Waals surface area contributed by atoms with E-state index in [0.717, 1.165) is 37.1 Å². The maximum absolute atomic E-state index is 10.2. The van der Waals surface area contributed by atoms with Crippen molar-refractivity contribution in [2.24, 2.45) is 28.6 Å². The molecule has 1 aromatic rings. The first-order valence-electron chi connectivity index (χ1n) is 12.7. The predicted octanol–water partition coefficient (Wildman–Crippen LogP) is 5.47. The molecule has 1 aromatic carbocycles. The summed E-state index contributed by atoms with van der Waals surface area (Å²) in [4.78, 5) is 0. The molecule has 0 aromatic heterocycles. The molecule has 7 atom stereocenters. The standard InChI is InChI=1S/C26H37NO.C2H6O/c1-25-14-12-20(28)16-19(25)8-9-21-22-10-11-24(26(22,2)15-13-23(21)25)27-17-18-6-4-3-5-7-18;1-2-3/h3-8,20-24,27-28H,9-17H2,1-2H3;3H,2H2,1H3/t20-,21-,22-,23-,24-,25-,26-;/m0./s1. The zero-order valence-corrected chi connectivity index (χ0v) is 19.8. The Morgan fingerprint density at radius 3 is 2.48 bits per heavy atom. The van der Waals surface area contributed by atoms with Gasteiger partial charge in [-0.05, 0) is 92.4 Å². The summed E-state index contributed by atoms with van der Waals surface area (Å²) in [6.07, 6.45) is 12.3. The molecule has 4 aliphatic carbocycles. The molecule has 0 saturated heterocycles. The van der Waals surface area contributed by atoms with E-state index in [1.54, 1.807) is 12.5 Å². The van der Waals surface area contributed by atoms with Gasteiger partial charge in [0.05, 0.1) is 6.10 Å². The molecule has 0 heterocycles. The van der Waals surface area contributed by atoms with E-state index in [1.807, 2.05) is 0 Å². The summed E-state index contributed by atoms with van der Waals surface area (Å²) in [6.45, 7) is 8.06. The number of aliphatic hydroxyl groups is 2. The Labute approximate surface area is 189 Å². The summed E-state index contributed by atoms with van der Waals surface area (Å²) in [5, 5.41) is 21.7. The second-order valence-corrected chi connectivity index (χ2v) is 11.0. The Hall–Kier alpha value is -1.16. The molecule has 0 spiro atoms. The van der Waals surface area contributed by atoms with Crippen molar-refractivity contribution in [3.05, 3.63) is 47.5 Å². The lowest BCUT2D eigenvalue weighted by atomic mass is 9.48. The highest BCUT2D eigenvalue weighted by Gasteiger charge is 2.58. The van der Waals surface area contributed by atoms with Crippen molar-refractivity contribution in [3.8, 4) is 0 Å². The summed E-state index contributed by atoms with van der Waals surface area (Å²) in [5.41, 5.74) is 3.81. The normalized spacial score (nSPS) is 41.2. The number of hydrogen-bond donors (Lipinski definition) is 3. The van der Waals surface area contributed by atoms with Crippen molar-refractivity contribution in [1.29, 1.82) is 0 Å². The highest BCUT2D eigenvalue weighted by molar-refractivity contribution is 5.25. The zero-order valence-electron chi connectivity index (χ0n) is 19.8. The van der Waals surface area contributed by atoms with E-state index < -0.39 is 0 Å². The first kappa shape index (κ1) is 23.0. The van der Waals surface area contributed by atoms with Crippen LogP contribution in [-0.2, 0) is 6.54 Å². The van der Waals surface area contributed by atoms with Crippen LogP contribution in [0.25, 0.3) is 0 Å². The largest absolute Gasteiger partial charge is 0.397 e. The van der Waals surface area contributed by atoms with Gasteiger partial charge in [0.15, 0.2) is 0 Å². The molecule has 31 heavy (non-hydrogen) atoms. The molecule has 0 amide bonds. The van der Waals surface area contributed by atoms with Crippen LogP contribution in [0.5, 0.6) is 0 Å². The van der Waals surface area contributed by atoms with Gasteiger partial charge in [0.1, 0.15) is 0 Å². The third kappa shape index (κ3) is 4.26. The highest BCUT2D eigenvalue weighted by Crippen LogP contribution is 2.64. The van der Waals surface area contributed by atoms with E-state index in [-0.39, 0.29) is 12.7 Å². The number of hydrogen-bond acceptors (Lipinski definition) is 3. The third-order valence-corrected chi connectivity index (χ3v) is 9.47. The molecule has 3 saturated carbocycles. The van der Waals surface area contributed by atoms with Gasteiger partial charge in [-0.1, -0.05) is 55.8 Å². The fraction of sp³-hybridized carbons (Fsp3) is 0.714. The smallest absolute Gasteiger partial charge is 0.0577 e. The van der Waals surface area contributed by atoms with Crippen LogP contribution >= 0.6 is 0 Å². The van der Waals surface area contributed by atoms with Crippen LogP contribution in [0.4, 0.5) is 0 Å². The van der Waals surface area contributed by atoms with Crippen LogP contribution in [0, 0.1) is 28.6 Å². The first-order chi connectivity index (χ1) is 14.9. The molecule has 4 aliphatic rings. The third-order valence-electron chi connectivity index (χ3n) is 9.47. The molecule has 0 aliphatic heterocycles. The summed E-state index contributed by atoms with van der Waals surface area (Å²) < 4.78 is 0. The monoisotopic (exact) mass is 425 g/mol. The van der Waals surface area contributed by atoms with Gasteiger partial charge < -0.3 is 15.5 Å². The van der Waals surface area contributed by atoms with Crippen LogP contribution in [0.1, 0.15) is 77.7 Å². The van der Waals surface area contributed by atoms with Crippen LogP contribution in [-0.4, -0.2) is 29.0 Å². The first-order valence-corrected chi connectivity index (χ1v) is 12.7. The average Bonchev–Trinajstić information content (AvgIpc) is 3.10. The fourth-order valence-electron chi connectivity index (χ4n) is 7.81. The van der Waals surface area contributed by atoms with Crippen molar-refractivity contribution in [1.82, 2.24) is 5.32 Å². The van der Waals surface area contributed by atoms with Crippen LogP contribution in [0.3, 0.4) is 0 Å². The Morgan fingerprint density at radius 1 is 1.00 bits per heavy atom. The summed E-state index contributed by atoms with van der Waals surface area (Å²) >= 11 is 0. The highest BCUT2D eigenvalue weighted by atomic mass is 16.3. The minimum Gasteiger partial charge on any atom is -0.397 e. The number of aliphatic hydroxyl groups excluding tert-OH is 2. The van der Waals surface area contributed by atoms with E-state index in [0.29, 0.717) is 16.9 Å². The van der Waals surface area contributed by atoms with Crippen molar-refractivity contribution < 1.29 is 10.2 Å². The second-order valence-electron chi connectivity index (χ2n) is 11.0. The van der Waals surface area contributed by atoms with Crippen molar-refractivity contribution in [2.75, 3.05) is 6.61 Å². The second kappa shape index (κ2) is 9.37. The maximum Gasteiger partial charge on any atom is 0.0577 e. The molecule has 3 heteroatoms. The molecule has 3 nitrogen and oxygen atoms in total. The van der Waals surface area contributed by atoms with Gasteiger partial charge >= 0.3 is 0 Å². The molecular weight excluding hydrogens is 382 g/mol. The Bertz CT molecular complexity index is 762. The fourth-order valence-corrected chi connectivity index (χ4v) is 7.81. The van der Waals surface area contributed by atoms with E-state index in [4.69, 9.17) is 5.11 Å². The average molecular weight is 426 g/mol. The predicted molar refractivity (Wildman–Crippen MR) is 128 cm³/mol. The number of rotatable bonds is 3. The molecule has 172 valence electrons. The van der Waals surface area contributed by atoms with E-state index in [1.165, 1.54) is 44.1 Å². The Balaban J connectivity index is 0.000000730. The zero-order chi connectivity index (χ0) is 22.1. The molecule has 5 rings (SSSR count). The van der Waals surface area contributed by atoms with Crippen molar-refractivity contribution in [2.45, 2.75) is 90.8 Å². The van der Waals surface area contributed by atoms with E-state index in [9.17, 15) is 5.11 Å².